The number of rotatable bonds is 7. The SMILES string of the molecule is CCN(Cc1nc2cccc(N3CC[C@@H](N(C)C)C3)n2c1CO)[C@H]1CCCc2cccnc21. The predicted molar refractivity (Wildman–Crippen MR) is 131 cm³/mol. The molecule has 1 N–H and O–H groups in total. The average molecular weight is 449 g/mol. The summed E-state index contributed by atoms with van der Waals surface area (Å²) in [7, 11) is 4.31. The van der Waals surface area contributed by atoms with Crippen LogP contribution >= 0.6 is 0 Å². The third-order valence-electron chi connectivity index (χ3n) is 7.53. The fraction of sp³-hybridized carbons (Fsp3) is 0.538. The molecule has 33 heavy (non-hydrogen) atoms. The van der Waals surface area contributed by atoms with Crippen LogP contribution in [-0.4, -0.2) is 69.0 Å². The van der Waals surface area contributed by atoms with Crippen LogP contribution in [0.4, 0.5) is 5.82 Å². The Balaban J connectivity index is 1.48. The fourth-order valence-electron chi connectivity index (χ4n) is 5.66. The first kappa shape index (κ1) is 22.3. The summed E-state index contributed by atoms with van der Waals surface area (Å²) in [5.74, 6) is 1.13. The normalized spacial score (nSPS) is 20.8. The van der Waals surface area contributed by atoms with Crippen molar-refractivity contribution in [1.29, 1.82) is 0 Å². The Kier molecular flexibility index (Phi) is 6.36. The number of imidazole rings is 1. The van der Waals surface area contributed by atoms with Gasteiger partial charge in [0.2, 0.25) is 0 Å². The Labute approximate surface area is 196 Å². The van der Waals surface area contributed by atoms with E-state index in [1.54, 1.807) is 0 Å². The minimum atomic E-state index is -0.0183. The van der Waals surface area contributed by atoms with Crippen molar-refractivity contribution in [2.24, 2.45) is 0 Å². The molecule has 4 heterocycles. The van der Waals surface area contributed by atoms with Crippen molar-refractivity contribution in [3.05, 3.63) is 59.2 Å². The van der Waals surface area contributed by atoms with Crippen molar-refractivity contribution in [2.75, 3.05) is 38.6 Å². The quantitative estimate of drug-likeness (QED) is 0.599. The van der Waals surface area contributed by atoms with E-state index in [-0.39, 0.29) is 6.61 Å². The number of fused-ring (bicyclic) bond motifs is 2. The highest BCUT2D eigenvalue weighted by molar-refractivity contribution is 5.55. The Morgan fingerprint density at radius 3 is 2.79 bits per heavy atom. The Morgan fingerprint density at radius 1 is 1.15 bits per heavy atom. The van der Waals surface area contributed by atoms with E-state index >= 15 is 0 Å². The summed E-state index contributed by atoms with van der Waals surface area (Å²) in [6.07, 6.45) is 6.48. The second-order valence-corrected chi connectivity index (χ2v) is 9.61. The van der Waals surface area contributed by atoms with Gasteiger partial charge in [0.05, 0.1) is 29.7 Å². The first-order valence-electron chi connectivity index (χ1n) is 12.3. The highest BCUT2D eigenvalue weighted by Gasteiger charge is 2.29. The van der Waals surface area contributed by atoms with Gasteiger partial charge >= 0.3 is 0 Å². The summed E-state index contributed by atoms with van der Waals surface area (Å²) in [5, 5.41) is 10.4. The van der Waals surface area contributed by atoms with Crippen LogP contribution in [0.2, 0.25) is 0 Å². The molecule has 3 aromatic heterocycles. The first-order valence-corrected chi connectivity index (χ1v) is 12.3. The van der Waals surface area contributed by atoms with Crippen LogP contribution in [0.15, 0.2) is 36.5 Å². The molecule has 1 aliphatic heterocycles. The molecule has 0 saturated carbocycles. The number of likely N-dealkylation sites (N-methyl/N-ethyl adjacent to an activating group) is 1. The summed E-state index contributed by atoms with van der Waals surface area (Å²) >= 11 is 0. The van der Waals surface area contributed by atoms with Gasteiger partial charge in [0, 0.05) is 31.9 Å². The smallest absolute Gasteiger partial charge is 0.138 e. The molecule has 176 valence electrons. The lowest BCUT2D eigenvalue weighted by atomic mass is 9.90. The number of hydrogen-bond acceptors (Lipinski definition) is 6. The molecule has 0 bridgehead atoms. The third kappa shape index (κ3) is 4.14. The van der Waals surface area contributed by atoms with Crippen molar-refractivity contribution < 1.29 is 5.11 Å². The minimum Gasteiger partial charge on any atom is -0.390 e. The maximum absolute atomic E-state index is 10.4. The highest BCUT2D eigenvalue weighted by atomic mass is 16.3. The zero-order chi connectivity index (χ0) is 22.9. The van der Waals surface area contributed by atoms with Crippen molar-refractivity contribution >= 4 is 11.5 Å². The molecule has 1 aliphatic carbocycles. The second kappa shape index (κ2) is 9.41. The first-order chi connectivity index (χ1) is 16.1. The van der Waals surface area contributed by atoms with Crippen LogP contribution in [-0.2, 0) is 19.6 Å². The Morgan fingerprint density at radius 2 is 2.03 bits per heavy atom. The summed E-state index contributed by atoms with van der Waals surface area (Å²) in [6, 6.07) is 11.4. The van der Waals surface area contributed by atoms with Gasteiger partial charge in [0.25, 0.3) is 0 Å². The fourth-order valence-corrected chi connectivity index (χ4v) is 5.66. The standard InChI is InChI=1S/C26H36N6O/c1-4-30(22-10-5-8-19-9-7-14-27-26(19)22)17-21-23(18-33)32-24(28-21)11-6-12-25(32)31-15-13-20(16-31)29(2)3/h6-7,9,11-12,14,20,22,33H,4-5,8,10,13,15-18H2,1-3H3/t20-,22+/m1/s1. The number of aliphatic hydroxyl groups is 1. The predicted octanol–water partition coefficient (Wildman–Crippen LogP) is 3.26. The minimum absolute atomic E-state index is 0.0183. The molecule has 2 aliphatic rings. The molecular weight excluding hydrogens is 412 g/mol. The number of anilines is 1. The molecule has 2 atom stereocenters. The maximum Gasteiger partial charge on any atom is 0.138 e. The van der Waals surface area contributed by atoms with E-state index < -0.39 is 0 Å². The molecule has 5 rings (SSSR count). The molecule has 0 unspecified atom stereocenters. The molecule has 7 heteroatoms. The van der Waals surface area contributed by atoms with Crippen molar-refractivity contribution in [1.82, 2.24) is 24.2 Å². The maximum atomic E-state index is 10.4. The summed E-state index contributed by atoms with van der Waals surface area (Å²) < 4.78 is 2.17. The zero-order valence-corrected chi connectivity index (χ0v) is 20.1. The molecule has 0 aromatic carbocycles. The summed E-state index contributed by atoms with van der Waals surface area (Å²) in [4.78, 5) is 17.0. The van der Waals surface area contributed by atoms with Crippen LogP contribution in [0.1, 0.15) is 54.9 Å². The monoisotopic (exact) mass is 448 g/mol. The van der Waals surface area contributed by atoms with E-state index in [9.17, 15) is 5.11 Å². The number of pyridine rings is 2. The lowest BCUT2D eigenvalue weighted by Crippen LogP contribution is -2.32. The molecular formula is C26H36N6O. The van der Waals surface area contributed by atoms with E-state index in [2.05, 4.69) is 64.4 Å². The number of aromatic nitrogens is 3. The highest BCUT2D eigenvalue weighted by Crippen LogP contribution is 2.34. The lowest BCUT2D eigenvalue weighted by molar-refractivity contribution is 0.171. The number of nitrogens with zero attached hydrogens (tertiary/aromatic N) is 6. The number of aryl methyl sites for hydroxylation is 1. The van der Waals surface area contributed by atoms with Gasteiger partial charge in [-0.3, -0.25) is 14.3 Å². The van der Waals surface area contributed by atoms with Crippen LogP contribution < -0.4 is 4.90 Å². The Bertz CT molecular complexity index is 1110. The van der Waals surface area contributed by atoms with E-state index in [1.807, 2.05) is 12.3 Å². The van der Waals surface area contributed by atoms with E-state index in [0.717, 1.165) is 61.7 Å². The van der Waals surface area contributed by atoms with Crippen LogP contribution in [0.3, 0.4) is 0 Å². The molecule has 1 fully saturated rings. The van der Waals surface area contributed by atoms with Gasteiger partial charge < -0.3 is 14.9 Å². The van der Waals surface area contributed by atoms with E-state index in [1.165, 1.54) is 17.7 Å². The summed E-state index contributed by atoms with van der Waals surface area (Å²) in [6.45, 7) is 5.84. The summed E-state index contributed by atoms with van der Waals surface area (Å²) in [5.41, 5.74) is 5.38. The second-order valence-electron chi connectivity index (χ2n) is 9.61. The largest absolute Gasteiger partial charge is 0.390 e. The molecule has 1 saturated heterocycles. The number of aliphatic hydroxyl groups excluding tert-OH is 1. The molecule has 0 amide bonds. The third-order valence-corrected chi connectivity index (χ3v) is 7.53. The topological polar surface area (TPSA) is 60.1 Å². The van der Waals surface area contributed by atoms with Gasteiger partial charge in [0.15, 0.2) is 0 Å². The van der Waals surface area contributed by atoms with Gasteiger partial charge in [-0.2, -0.15) is 0 Å². The Hall–Kier alpha value is -2.48. The lowest BCUT2D eigenvalue weighted by Gasteiger charge is -2.34. The van der Waals surface area contributed by atoms with Crippen LogP contribution in [0.25, 0.3) is 5.65 Å². The molecule has 7 nitrogen and oxygen atoms in total. The van der Waals surface area contributed by atoms with E-state index in [0.29, 0.717) is 18.6 Å². The molecule has 0 radical (unpaired) electrons. The van der Waals surface area contributed by atoms with Gasteiger partial charge in [-0.25, -0.2) is 4.98 Å². The van der Waals surface area contributed by atoms with Gasteiger partial charge in [-0.05, 0) is 70.1 Å². The van der Waals surface area contributed by atoms with Crippen molar-refractivity contribution in [3.8, 4) is 0 Å². The average Bonchev–Trinajstić information content (AvgIpc) is 3.47. The van der Waals surface area contributed by atoms with Crippen LogP contribution in [0, 0.1) is 0 Å². The number of hydrogen-bond donors (Lipinski definition) is 1. The van der Waals surface area contributed by atoms with E-state index in [4.69, 9.17) is 9.97 Å². The zero-order valence-electron chi connectivity index (χ0n) is 20.1. The molecule has 0 spiro atoms. The van der Waals surface area contributed by atoms with Crippen molar-refractivity contribution in [2.45, 2.75) is 57.8 Å². The van der Waals surface area contributed by atoms with Gasteiger partial charge in [0.1, 0.15) is 11.5 Å². The van der Waals surface area contributed by atoms with Crippen molar-refractivity contribution in [3.63, 3.8) is 0 Å². The molecule has 3 aromatic rings. The van der Waals surface area contributed by atoms with Crippen LogP contribution in [0.5, 0.6) is 0 Å². The van der Waals surface area contributed by atoms with Gasteiger partial charge in [-0.1, -0.05) is 19.1 Å². The van der Waals surface area contributed by atoms with Gasteiger partial charge in [-0.15, -0.1) is 0 Å².